The van der Waals surface area contributed by atoms with Gasteiger partial charge >= 0.3 is 0 Å². The van der Waals surface area contributed by atoms with Crippen LogP contribution in [0.3, 0.4) is 0 Å². The molecule has 164 valence electrons. The molecule has 1 amide bonds. The summed E-state index contributed by atoms with van der Waals surface area (Å²) in [6.45, 7) is 4.78. The van der Waals surface area contributed by atoms with Crippen molar-refractivity contribution in [2.75, 3.05) is 5.32 Å². The Bertz CT molecular complexity index is 1270. The van der Waals surface area contributed by atoms with E-state index in [0.29, 0.717) is 28.8 Å². The maximum Gasteiger partial charge on any atom is 0.291 e. The van der Waals surface area contributed by atoms with E-state index in [0.717, 1.165) is 21.4 Å². The van der Waals surface area contributed by atoms with Crippen LogP contribution in [0.1, 0.15) is 33.3 Å². The van der Waals surface area contributed by atoms with Gasteiger partial charge in [0.25, 0.3) is 5.91 Å². The van der Waals surface area contributed by atoms with E-state index >= 15 is 0 Å². The van der Waals surface area contributed by atoms with Crippen LogP contribution in [-0.2, 0) is 13.2 Å². The first-order chi connectivity index (χ1) is 15.4. The number of aromatic nitrogens is 2. The van der Waals surface area contributed by atoms with Gasteiger partial charge in [-0.1, -0.05) is 39.7 Å². The number of hydrogen-bond acceptors (Lipinski definition) is 4. The summed E-state index contributed by atoms with van der Waals surface area (Å²) >= 11 is 9.52. The lowest BCUT2D eigenvalue weighted by molar-refractivity contribution is 0.0992. The predicted molar refractivity (Wildman–Crippen MR) is 127 cm³/mol. The molecule has 0 unspecified atom stereocenters. The third-order valence-electron chi connectivity index (χ3n) is 4.77. The molecule has 6 nitrogen and oxygen atoms in total. The number of ether oxygens (including phenoxy) is 1. The number of rotatable bonds is 7. The summed E-state index contributed by atoms with van der Waals surface area (Å²) in [5.74, 6) is 0.930. The van der Waals surface area contributed by atoms with Gasteiger partial charge in [-0.05, 0) is 67.9 Å². The van der Waals surface area contributed by atoms with Crippen molar-refractivity contribution in [1.29, 1.82) is 0 Å². The van der Waals surface area contributed by atoms with E-state index in [-0.39, 0.29) is 18.3 Å². The number of nitrogens with one attached hydrogen (secondary N) is 1. The molecule has 0 atom stereocenters. The lowest BCUT2D eigenvalue weighted by Crippen LogP contribution is -2.11. The first kappa shape index (κ1) is 22.2. The van der Waals surface area contributed by atoms with Gasteiger partial charge < -0.3 is 14.5 Å². The summed E-state index contributed by atoms with van der Waals surface area (Å²) < 4.78 is 14.1. The van der Waals surface area contributed by atoms with Crippen LogP contribution in [-0.4, -0.2) is 15.7 Å². The van der Waals surface area contributed by atoms with Crippen molar-refractivity contribution in [2.45, 2.75) is 27.0 Å². The van der Waals surface area contributed by atoms with Crippen LogP contribution < -0.4 is 10.1 Å². The highest BCUT2D eigenvalue weighted by atomic mass is 79.9. The fourth-order valence-corrected chi connectivity index (χ4v) is 3.99. The zero-order valence-corrected chi connectivity index (χ0v) is 19.9. The third kappa shape index (κ3) is 5.41. The fraction of sp³-hybridized carbons (Fsp3) is 0.167. The average molecular weight is 515 g/mol. The number of nitrogens with zero attached hydrogens (tertiary/aromatic N) is 2. The molecule has 8 heteroatoms. The van der Waals surface area contributed by atoms with E-state index in [4.69, 9.17) is 20.8 Å². The number of carbonyl (C=O) groups excluding carboxylic acids is 1. The van der Waals surface area contributed by atoms with Crippen molar-refractivity contribution in [3.05, 3.63) is 98.6 Å². The lowest BCUT2D eigenvalue weighted by Gasteiger charge is -2.08. The van der Waals surface area contributed by atoms with E-state index in [1.54, 1.807) is 24.3 Å². The highest BCUT2D eigenvalue weighted by Gasteiger charge is 2.13. The Kier molecular flexibility index (Phi) is 6.67. The van der Waals surface area contributed by atoms with E-state index in [2.05, 4.69) is 26.3 Å². The zero-order valence-electron chi connectivity index (χ0n) is 17.6. The molecule has 2 aromatic carbocycles. The second-order valence-electron chi connectivity index (χ2n) is 7.37. The highest BCUT2D eigenvalue weighted by Crippen LogP contribution is 2.28. The SMILES string of the molecule is Cc1cc(C)n(Cc2cccc(NC(=O)c3ccc(COc4ccc(Br)cc4Cl)o3)c2)n1. The molecule has 0 aliphatic rings. The van der Waals surface area contributed by atoms with Crippen LogP contribution in [0, 0.1) is 13.8 Å². The van der Waals surface area contributed by atoms with Crippen molar-refractivity contribution < 1.29 is 13.9 Å². The number of furan rings is 1. The predicted octanol–water partition coefficient (Wildman–Crippen LogP) is 6.39. The van der Waals surface area contributed by atoms with E-state index in [9.17, 15) is 4.79 Å². The molecule has 0 radical (unpaired) electrons. The second kappa shape index (κ2) is 9.63. The number of aryl methyl sites for hydroxylation is 2. The molecule has 0 bridgehead atoms. The highest BCUT2D eigenvalue weighted by molar-refractivity contribution is 9.10. The first-order valence-electron chi connectivity index (χ1n) is 9.95. The molecule has 0 spiro atoms. The van der Waals surface area contributed by atoms with Crippen LogP contribution in [0.5, 0.6) is 5.75 Å². The van der Waals surface area contributed by atoms with Crippen LogP contribution in [0.15, 0.2) is 69.6 Å². The van der Waals surface area contributed by atoms with Crippen LogP contribution in [0.25, 0.3) is 0 Å². The van der Waals surface area contributed by atoms with Gasteiger partial charge in [0, 0.05) is 15.9 Å². The summed E-state index contributed by atoms with van der Waals surface area (Å²) in [5.41, 5.74) is 3.79. The Labute approximate surface area is 199 Å². The minimum absolute atomic E-state index is 0.159. The third-order valence-corrected chi connectivity index (χ3v) is 5.56. The molecule has 0 aliphatic heterocycles. The van der Waals surface area contributed by atoms with Gasteiger partial charge in [-0.25, -0.2) is 0 Å². The molecule has 1 N–H and O–H groups in total. The standard InChI is InChI=1S/C24H21BrClN3O3/c1-15-10-16(2)29(28-15)13-17-4-3-5-19(11-17)27-24(30)23-9-7-20(32-23)14-31-22-8-6-18(25)12-21(22)26/h3-12H,13-14H2,1-2H3,(H,27,30). The first-order valence-corrected chi connectivity index (χ1v) is 11.1. The largest absolute Gasteiger partial charge is 0.484 e. The monoisotopic (exact) mass is 513 g/mol. The summed E-state index contributed by atoms with van der Waals surface area (Å²) in [6, 6.07) is 18.4. The molecule has 4 aromatic rings. The van der Waals surface area contributed by atoms with E-state index in [1.165, 1.54) is 0 Å². The zero-order chi connectivity index (χ0) is 22.7. The van der Waals surface area contributed by atoms with Gasteiger partial charge in [0.15, 0.2) is 5.76 Å². The molecular formula is C24H21BrClN3O3. The van der Waals surface area contributed by atoms with Gasteiger partial charge in [0.05, 0.1) is 17.3 Å². The number of halogens is 2. The Hall–Kier alpha value is -3.03. The minimum Gasteiger partial charge on any atom is -0.484 e. The van der Waals surface area contributed by atoms with Crippen LogP contribution >= 0.6 is 27.5 Å². The Morgan fingerprint density at radius 1 is 1.16 bits per heavy atom. The normalized spacial score (nSPS) is 10.9. The van der Waals surface area contributed by atoms with Gasteiger partial charge in [0.1, 0.15) is 18.1 Å². The van der Waals surface area contributed by atoms with E-state index < -0.39 is 0 Å². The molecule has 0 fully saturated rings. The number of amides is 1. The summed E-state index contributed by atoms with van der Waals surface area (Å²) in [4.78, 5) is 12.6. The molecule has 2 aromatic heterocycles. The summed E-state index contributed by atoms with van der Waals surface area (Å²) in [6.07, 6.45) is 0. The maximum atomic E-state index is 12.6. The van der Waals surface area contributed by atoms with Crippen LogP contribution in [0.4, 0.5) is 5.69 Å². The summed E-state index contributed by atoms with van der Waals surface area (Å²) in [5, 5.41) is 7.85. The Morgan fingerprint density at radius 3 is 2.75 bits per heavy atom. The molecular weight excluding hydrogens is 494 g/mol. The molecule has 4 rings (SSSR count). The number of anilines is 1. The quantitative estimate of drug-likeness (QED) is 0.310. The number of carbonyl (C=O) groups is 1. The number of hydrogen-bond donors (Lipinski definition) is 1. The summed E-state index contributed by atoms with van der Waals surface area (Å²) in [7, 11) is 0. The van der Waals surface area contributed by atoms with Crippen molar-refractivity contribution in [1.82, 2.24) is 9.78 Å². The van der Waals surface area contributed by atoms with E-state index in [1.807, 2.05) is 54.9 Å². The molecule has 0 saturated carbocycles. The minimum atomic E-state index is -0.332. The lowest BCUT2D eigenvalue weighted by atomic mass is 10.2. The molecule has 0 saturated heterocycles. The Morgan fingerprint density at radius 2 is 2.00 bits per heavy atom. The molecule has 32 heavy (non-hydrogen) atoms. The number of benzene rings is 2. The fourth-order valence-electron chi connectivity index (χ4n) is 3.27. The van der Waals surface area contributed by atoms with Crippen molar-refractivity contribution in [2.24, 2.45) is 0 Å². The maximum absolute atomic E-state index is 12.6. The van der Waals surface area contributed by atoms with Gasteiger partial charge in [0.2, 0.25) is 0 Å². The second-order valence-corrected chi connectivity index (χ2v) is 8.69. The van der Waals surface area contributed by atoms with Crippen molar-refractivity contribution in [3.8, 4) is 5.75 Å². The smallest absolute Gasteiger partial charge is 0.291 e. The van der Waals surface area contributed by atoms with Crippen molar-refractivity contribution in [3.63, 3.8) is 0 Å². The van der Waals surface area contributed by atoms with Crippen molar-refractivity contribution >= 4 is 39.1 Å². The topological polar surface area (TPSA) is 69.3 Å². The van der Waals surface area contributed by atoms with Gasteiger partial charge in [-0.15, -0.1) is 0 Å². The average Bonchev–Trinajstić information content (AvgIpc) is 3.34. The molecule has 0 aliphatic carbocycles. The van der Waals surface area contributed by atoms with Crippen LogP contribution in [0.2, 0.25) is 5.02 Å². The van der Waals surface area contributed by atoms with Gasteiger partial charge in [-0.3, -0.25) is 9.48 Å². The Balaban J connectivity index is 1.38. The van der Waals surface area contributed by atoms with Gasteiger partial charge in [-0.2, -0.15) is 5.10 Å². The molecule has 2 heterocycles.